The Bertz CT molecular complexity index is 459. The molecule has 0 unspecified atom stereocenters. The summed E-state index contributed by atoms with van der Waals surface area (Å²) < 4.78 is 5.65. The third kappa shape index (κ3) is 4.65. The second-order valence-electron chi connectivity index (χ2n) is 5.02. The first-order valence-corrected chi connectivity index (χ1v) is 7.77. The lowest BCUT2D eigenvalue weighted by atomic mass is 10.1. The van der Waals surface area contributed by atoms with Gasteiger partial charge in [-0.1, -0.05) is 18.0 Å². The first-order chi connectivity index (χ1) is 9.66. The number of benzene rings is 1. The number of carbonyl (C=O) groups excluding carboxylic acids is 1. The van der Waals surface area contributed by atoms with E-state index in [0.29, 0.717) is 22.9 Å². The number of hydrogen-bond donors (Lipinski definition) is 0. The van der Waals surface area contributed by atoms with Crippen LogP contribution in [0, 0.1) is 0 Å². The first-order valence-electron chi connectivity index (χ1n) is 7.01. The topological polar surface area (TPSA) is 29.5 Å². The van der Waals surface area contributed by atoms with Crippen molar-refractivity contribution >= 4 is 28.4 Å². The summed E-state index contributed by atoms with van der Waals surface area (Å²) in [6.45, 7) is 4.14. The molecule has 0 spiro atoms. The highest BCUT2D eigenvalue weighted by Crippen LogP contribution is 2.24. The highest BCUT2D eigenvalue weighted by Gasteiger charge is 2.10. The standard InChI is InChI=1S/C15H19Cl2NO2/c16-14-11-12(5-6-13(14)15(17)19)20-10-4-9-18-7-2-1-3-8-18/h5-6,11H,1-4,7-10H2. The van der Waals surface area contributed by atoms with Gasteiger partial charge in [0, 0.05) is 6.54 Å². The quantitative estimate of drug-likeness (QED) is 0.587. The van der Waals surface area contributed by atoms with Crippen molar-refractivity contribution in [3.63, 3.8) is 0 Å². The highest BCUT2D eigenvalue weighted by atomic mass is 35.5. The fourth-order valence-electron chi connectivity index (χ4n) is 2.41. The van der Waals surface area contributed by atoms with Gasteiger partial charge < -0.3 is 9.64 Å². The van der Waals surface area contributed by atoms with E-state index in [2.05, 4.69) is 4.90 Å². The van der Waals surface area contributed by atoms with E-state index in [-0.39, 0.29) is 0 Å². The minimum absolute atomic E-state index is 0.314. The van der Waals surface area contributed by atoms with Gasteiger partial charge in [-0.25, -0.2) is 0 Å². The van der Waals surface area contributed by atoms with Gasteiger partial charge in [-0.2, -0.15) is 0 Å². The molecule has 1 saturated heterocycles. The molecular weight excluding hydrogens is 297 g/mol. The number of piperidine rings is 1. The molecule has 110 valence electrons. The summed E-state index contributed by atoms with van der Waals surface area (Å²) in [5.41, 5.74) is 0.314. The summed E-state index contributed by atoms with van der Waals surface area (Å²) >= 11 is 11.4. The van der Waals surface area contributed by atoms with Gasteiger partial charge in [0.25, 0.3) is 5.24 Å². The van der Waals surface area contributed by atoms with Gasteiger partial charge in [0.2, 0.25) is 0 Å². The highest BCUT2D eigenvalue weighted by molar-refractivity contribution is 6.68. The Hall–Kier alpha value is -0.770. The molecule has 0 N–H and O–H groups in total. The van der Waals surface area contributed by atoms with Crippen LogP contribution in [0.4, 0.5) is 0 Å². The Morgan fingerprint density at radius 2 is 2.00 bits per heavy atom. The summed E-state index contributed by atoms with van der Waals surface area (Å²) in [5, 5.41) is -0.217. The van der Waals surface area contributed by atoms with Crippen molar-refractivity contribution in [3.8, 4) is 5.75 Å². The molecule has 2 rings (SSSR count). The fourth-order valence-corrected chi connectivity index (χ4v) is 2.88. The van der Waals surface area contributed by atoms with Crippen molar-refractivity contribution in [2.24, 2.45) is 0 Å². The van der Waals surface area contributed by atoms with Gasteiger partial charge in [0.05, 0.1) is 17.2 Å². The van der Waals surface area contributed by atoms with Crippen LogP contribution < -0.4 is 4.74 Å². The average molecular weight is 316 g/mol. The van der Waals surface area contributed by atoms with Gasteiger partial charge in [-0.05, 0) is 62.2 Å². The molecule has 0 bridgehead atoms. The van der Waals surface area contributed by atoms with Gasteiger partial charge in [-0.3, -0.25) is 4.79 Å². The maximum atomic E-state index is 11.0. The molecule has 5 heteroatoms. The molecule has 0 aromatic heterocycles. The van der Waals surface area contributed by atoms with E-state index < -0.39 is 5.24 Å². The van der Waals surface area contributed by atoms with E-state index in [1.165, 1.54) is 32.4 Å². The third-order valence-electron chi connectivity index (χ3n) is 3.49. The molecule has 1 heterocycles. The van der Waals surface area contributed by atoms with Gasteiger partial charge >= 0.3 is 0 Å². The van der Waals surface area contributed by atoms with Crippen molar-refractivity contribution in [1.82, 2.24) is 4.90 Å². The van der Waals surface area contributed by atoms with Crippen molar-refractivity contribution in [1.29, 1.82) is 0 Å². The monoisotopic (exact) mass is 315 g/mol. The van der Waals surface area contributed by atoms with E-state index >= 15 is 0 Å². The number of carbonyl (C=O) groups is 1. The summed E-state index contributed by atoms with van der Waals surface area (Å²) in [5.74, 6) is 0.676. The van der Waals surface area contributed by atoms with Crippen LogP contribution in [0.3, 0.4) is 0 Å². The van der Waals surface area contributed by atoms with E-state index in [9.17, 15) is 4.79 Å². The molecular formula is C15H19Cl2NO2. The lowest BCUT2D eigenvalue weighted by Gasteiger charge is -2.26. The van der Waals surface area contributed by atoms with Crippen LogP contribution in [0.25, 0.3) is 0 Å². The van der Waals surface area contributed by atoms with Crippen LogP contribution in [0.5, 0.6) is 5.75 Å². The van der Waals surface area contributed by atoms with Crippen LogP contribution in [0.15, 0.2) is 18.2 Å². The molecule has 1 fully saturated rings. The lowest BCUT2D eigenvalue weighted by Crippen LogP contribution is -2.31. The number of rotatable bonds is 6. The number of nitrogens with zero attached hydrogens (tertiary/aromatic N) is 1. The van der Waals surface area contributed by atoms with E-state index in [0.717, 1.165) is 13.0 Å². The smallest absolute Gasteiger partial charge is 0.253 e. The molecule has 20 heavy (non-hydrogen) atoms. The van der Waals surface area contributed by atoms with Crippen molar-refractivity contribution < 1.29 is 9.53 Å². The maximum absolute atomic E-state index is 11.0. The van der Waals surface area contributed by atoms with Crippen molar-refractivity contribution in [2.75, 3.05) is 26.2 Å². The second kappa shape index (κ2) is 7.87. The molecule has 1 aliphatic rings. The van der Waals surface area contributed by atoms with E-state index in [1.54, 1.807) is 18.2 Å². The first kappa shape index (κ1) is 15.6. The van der Waals surface area contributed by atoms with Crippen LogP contribution in [-0.4, -0.2) is 36.4 Å². The van der Waals surface area contributed by atoms with Crippen LogP contribution in [0.2, 0.25) is 5.02 Å². The molecule has 0 saturated carbocycles. The zero-order chi connectivity index (χ0) is 14.4. The van der Waals surface area contributed by atoms with Gasteiger partial charge in [0.1, 0.15) is 5.75 Å². The minimum Gasteiger partial charge on any atom is -0.493 e. The van der Waals surface area contributed by atoms with Crippen LogP contribution >= 0.6 is 23.2 Å². The predicted molar refractivity (Wildman–Crippen MR) is 82.0 cm³/mol. The number of hydrogen-bond acceptors (Lipinski definition) is 3. The summed E-state index contributed by atoms with van der Waals surface area (Å²) in [6, 6.07) is 4.96. The predicted octanol–water partition coefficient (Wildman–Crippen LogP) is 3.97. The molecule has 1 aromatic rings. The lowest BCUT2D eigenvalue weighted by molar-refractivity contribution is 0.108. The fraction of sp³-hybridized carbons (Fsp3) is 0.533. The molecule has 1 aromatic carbocycles. The minimum atomic E-state index is -0.549. The Labute approximate surface area is 129 Å². The number of ether oxygens (including phenoxy) is 1. The summed E-state index contributed by atoms with van der Waals surface area (Å²) in [7, 11) is 0. The summed E-state index contributed by atoms with van der Waals surface area (Å²) in [4.78, 5) is 13.5. The number of likely N-dealkylation sites (tertiary alicyclic amines) is 1. The maximum Gasteiger partial charge on any atom is 0.253 e. The Kier molecular flexibility index (Phi) is 6.14. The summed E-state index contributed by atoms with van der Waals surface area (Å²) in [6.07, 6.45) is 4.97. The van der Waals surface area contributed by atoms with Crippen molar-refractivity contribution in [3.05, 3.63) is 28.8 Å². The van der Waals surface area contributed by atoms with E-state index in [1.807, 2.05) is 0 Å². The molecule has 0 radical (unpaired) electrons. The van der Waals surface area contributed by atoms with Crippen LogP contribution in [-0.2, 0) is 0 Å². The normalized spacial score (nSPS) is 16.1. The SMILES string of the molecule is O=C(Cl)c1ccc(OCCCN2CCCCC2)cc1Cl. The largest absolute Gasteiger partial charge is 0.493 e. The molecule has 3 nitrogen and oxygen atoms in total. The van der Waals surface area contributed by atoms with Crippen LogP contribution in [0.1, 0.15) is 36.0 Å². The van der Waals surface area contributed by atoms with E-state index in [4.69, 9.17) is 27.9 Å². The third-order valence-corrected chi connectivity index (χ3v) is 4.00. The molecule has 0 amide bonds. The van der Waals surface area contributed by atoms with Crippen molar-refractivity contribution in [2.45, 2.75) is 25.7 Å². The number of halogens is 2. The Morgan fingerprint density at radius 1 is 1.25 bits per heavy atom. The zero-order valence-corrected chi connectivity index (χ0v) is 12.9. The van der Waals surface area contributed by atoms with Gasteiger partial charge in [-0.15, -0.1) is 0 Å². The second-order valence-corrected chi connectivity index (χ2v) is 5.77. The Morgan fingerprint density at radius 3 is 2.65 bits per heavy atom. The van der Waals surface area contributed by atoms with Gasteiger partial charge in [0.15, 0.2) is 0 Å². The molecule has 0 atom stereocenters. The Balaban J connectivity index is 1.73. The zero-order valence-electron chi connectivity index (χ0n) is 11.4. The average Bonchev–Trinajstić information content (AvgIpc) is 2.44. The molecule has 0 aliphatic carbocycles. The molecule has 1 aliphatic heterocycles.